The highest BCUT2D eigenvalue weighted by atomic mass is 19.4. The van der Waals surface area contributed by atoms with E-state index in [0.717, 1.165) is 18.7 Å². The molecule has 1 aliphatic heterocycles. The van der Waals surface area contributed by atoms with E-state index in [4.69, 9.17) is 4.74 Å². The van der Waals surface area contributed by atoms with Gasteiger partial charge in [0.1, 0.15) is 5.75 Å². The molecule has 1 fully saturated rings. The van der Waals surface area contributed by atoms with Crippen LogP contribution in [0.1, 0.15) is 22.0 Å². The van der Waals surface area contributed by atoms with Gasteiger partial charge in [0.15, 0.2) is 0 Å². The van der Waals surface area contributed by atoms with Crippen molar-refractivity contribution >= 4 is 11.6 Å². The van der Waals surface area contributed by atoms with Gasteiger partial charge in [-0.1, -0.05) is 12.1 Å². The lowest BCUT2D eigenvalue weighted by molar-refractivity contribution is -0.274. The van der Waals surface area contributed by atoms with Gasteiger partial charge in [-0.25, -0.2) is 4.68 Å². The fourth-order valence-corrected chi connectivity index (χ4v) is 3.15. The maximum Gasteiger partial charge on any atom is 0.573 e. The second kappa shape index (κ2) is 8.78. The Morgan fingerprint density at radius 1 is 1.16 bits per heavy atom. The molecule has 2 heterocycles. The molecule has 0 saturated carbocycles. The van der Waals surface area contributed by atoms with Crippen LogP contribution in [0, 0.1) is 0 Å². The van der Waals surface area contributed by atoms with Crippen molar-refractivity contribution in [1.82, 2.24) is 15.1 Å². The summed E-state index contributed by atoms with van der Waals surface area (Å²) in [5.41, 5.74) is 2.44. The average molecular weight is 432 g/mol. The number of ether oxygens (including phenoxy) is 2. The zero-order chi connectivity index (χ0) is 21.8. The zero-order valence-corrected chi connectivity index (χ0v) is 16.2. The molecule has 0 radical (unpaired) electrons. The maximum atomic E-state index is 12.5. The molecule has 4 rings (SSSR count). The predicted octanol–water partition coefficient (Wildman–Crippen LogP) is 3.68. The number of anilines is 1. The minimum Gasteiger partial charge on any atom is -0.406 e. The second-order valence-electron chi connectivity index (χ2n) is 6.85. The Morgan fingerprint density at radius 3 is 2.55 bits per heavy atom. The molecule has 1 atom stereocenters. The van der Waals surface area contributed by atoms with E-state index in [1.165, 1.54) is 41.3 Å². The summed E-state index contributed by atoms with van der Waals surface area (Å²) in [7, 11) is 0. The smallest absolute Gasteiger partial charge is 0.406 e. The largest absolute Gasteiger partial charge is 0.573 e. The number of halogens is 3. The predicted molar refractivity (Wildman–Crippen MR) is 106 cm³/mol. The van der Waals surface area contributed by atoms with Crippen molar-refractivity contribution in [3.05, 3.63) is 72.1 Å². The molecule has 1 unspecified atom stereocenters. The lowest BCUT2D eigenvalue weighted by Crippen LogP contribution is -2.33. The fourth-order valence-electron chi connectivity index (χ4n) is 3.15. The number of morpholine rings is 1. The highest BCUT2D eigenvalue weighted by Gasteiger charge is 2.31. The van der Waals surface area contributed by atoms with E-state index in [0.29, 0.717) is 23.5 Å². The van der Waals surface area contributed by atoms with Gasteiger partial charge in [-0.05, 0) is 42.0 Å². The first-order chi connectivity index (χ1) is 14.9. The van der Waals surface area contributed by atoms with Gasteiger partial charge in [0.2, 0.25) is 0 Å². The Kier molecular flexibility index (Phi) is 5.92. The first-order valence-electron chi connectivity index (χ1n) is 9.52. The van der Waals surface area contributed by atoms with Gasteiger partial charge in [-0.15, -0.1) is 13.2 Å². The monoisotopic (exact) mass is 432 g/mol. The van der Waals surface area contributed by atoms with Gasteiger partial charge in [-0.3, -0.25) is 4.79 Å². The first kappa shape index (κ1) is 20.9. The molecular weight excluding hydrogens is 413 g/mol. The van der Waals surface area contributed by atoms with E-state index in [1.54, 1.807) is 12.1 Å². The van der Waals surface area contributed by atoms with Gasteiger partial charge in [-0.2, -0.15) is 5.10 Å². The normalized spacial score (nSPS) is 16.7. The molecule has 3 aromatic rings. The van der Waals surface area contributed by atoms with Crippen molar-refractivity contribution in [2.45, 2.75) is 12.5 Å². The van der Waals surface area contributed by atoms with E-state index in [1.807, 2.05) is 12.1 Å². The van der Waals surface area contributed by atoms with Crippen LogP contribution in [0.15, 0.2) is 60.9 Å². The molecule has 10 heteroatoms. The number of carbonyl (C=O) groups excluding carboxylic acids is 1. The highest BCUT2D eigenvalue weighted by Crippen LogP contribution is 2.24. The Bertz CT molecular complexity index is 1030. The summed E-state index contributed by atoms with van der Waals surface area (Å²) in [6.45, 7) is 2.24. The number of nitrogens with one attached hydrogen (secondary N) is 2. The van der Waals surface area contributed by atoms with E-state index >= 15 is 0 Å². The molecule has 2 N–H and O–H groups in total. The number of nitrogens with zero attached hydrogens (tertiary/aromatic N) is 2. The third-order valence-electron chi connectivity index (χ3n) is 4.65. The van der Waals surface area contributed by atoms with Crippen molar-refractivity contribution in [1.29, 1.82) is 0 Å². The second-order valence-corrected chi connectivity index (χ2v) is 6.85. The summed E-state index contributed by atoms with van der Waals surface area (Å²) < 4.78 is 47.7. The van der Waals surface area contributed by atoms with Crippen molar-refractivity contribution in [3.8, 4) is 11.4 Å². The number of hydrogen-bond donors (Lipinski definition) is 2. The van der Waals surface area contributed by atoms with Gasteiger partial charge >= 0.3 is 6.36 Å². The third kappa shape index (κ3) is 5.41. The van der Waals surface area contributed by atoms with Crippen molar-refractivity contribution in [2.75, 3.05) is 25.0 Å². The summed E-state index contributed by atoms with van der Waals surface area (Å²) in [5, 5.41) is 10.2. The van der Waals surface area contributed by atoms with E-state index in [9.17, 15) is 18.0 Å². The highest BCUT2D eigenvalue weighted by molar-refractivity contribution is 6.04. The molecule has 1 saturated heterocycles. The van der Waals surface area contributed by atoms with E-state index in [-0.39, 0.29) is 17.8 Å². The number of amides is 1. The SMILES string of the molecule is O=C(Nc1ccc(C2CNCCO2)cc1)c1cnn(-c2ccc(OC(F)(F)F)cc2)c1. The maximum absolute atomic E-state index is 12.5. The molecule has 0 aliphatic carbocycles. The van der Waals surface area contributed by atoms with Crippen LogP contribution in [0.2, 0.25) is 0 Å². The Hall–Kier alpha value is -3.37. The molecule has 31 heavy (non-hydrogen) atoms. The number of benzene rings is 2. The van der Waals surface area contributed by atoms with Gasteiger partial charge in [0.25, 0.3) is 5.91 Å². The first-order valence-corrected chi connectivity index (χ1v) is 9.52. The van der Waals surface area contributed by atoms with Crippen molar-refractivity contribution < 1.29 is 27.4 Å². The van der Waals surface area contributed by atoms with Gasteiger partial charge < -0.3 is 20.1 Å². The van der Waals surface area contributed by atoms with Gasteiger partial charge in [0.05, 0.1) is 30.2 Å². The van der Waals surface area contributed by atoms with Gasteiger partial charge in [0, 0.05) is 25.0 Å². The fraction of sp³-hybridized carbons (Fsp3) is 0.238. The topological polar surface area (TPSA) is 77.4 Å². The number of aromatic nitrogens is 2. The minimum absolute atomic E-state index is 0.00958. The van der Waals surface area contributed by atoms with Crippen LogP contribution in [-0.4, -0.2) is 41.7 Å². The third-order valence-corrected chi connectivity index (χ3v) is 4.65. The molecule has 2 aromatic carbocycles. The summed E-state index contributed by atoms with van der Waals surface area (Å²) in [6, 6.07) is 12.6. The van der Waals surface area contributed by atoms with Crippen LogP contribution in [0.3, 0.4) is 0 Å². The molecular formula is C21H19F3N4O3. The molecule has 7 nitrogen and oxygen atoms in total. The molecule has 1 amide bonds. The quantitative estimate of drug-likeness (QED) is 0.643. The van der Waals surface area contributed by atoms with Crippen LogP contribution in [-0.2, 0) is 4.74 Å². The summed E-state index contributed by atoms with van der Waals surface area (Å²) in [6.07, 6.45) is -1.89. The Morgan fingerprint density at radius 2 is 1.90 bits per heavy atom. The summed E-state index contributed by atoms with van der Waals surface area (Å²) in [5.74, 6) is -0.689. The van der Waals surface area contributed by atoms with Crippen molar-refractivity contribution in [2.24, 2.45) is 0 Å². The minimum atomic E-state index is -4.75. The van der Waals surface area contributed by atoms with Crippen LogP contribution < -0.4 is 15.4 Å². The Labute approximate surface area is 175 Å². The lowest BCUT2D eigenvalue weighted by atomic mass is 10.1. The Balaban J connectivity index is 1.39. The standard InChI is InChI=1S/C21H19F3N4O3/c22-21(23,24)31-18-7-5-17(6-8-18)28-13-15(11-26-28)20(29)27-16-3-1-14(2-4-16)19-12-25-9-10-30-19/h1-8,11,13,19,25H,9-10,12H2,(H,27,29). The molecule has 1 aromatic heterocycles. The zero-order valence-electron chi connectivity index (χ0n) is 16.2. The van der Waals surface area contributed by atoms with Crippen molar-refractivity contribution in [3.63, 3.8) is 0 Å². The molecule has 0 bridgehead atoms. The van der Waals surface area contributed by atoms with E-state index < -0.39 is 6.36 Å². The lowest BCUT2D eigenvalue weighted by Gasteiger charge is -2.24. The number of alkyl halides is 3. The number of rotatable bonds is 5. The number of hydrogen-bond acceptors (Lipinski definition) is 5. The van der Waals surface area contributed by atoms with Crippen LogP contribution in [0.25, 0.3) is 5.69 Å². The summed E-state index contributed by atoms with van der Waals surface area (Å²) >= 11 is 0. The average Bonchev–Trinajstić information content (AvgIpc) is 3.25. The molecule has 1 aliphatic rings. The molecule has 162 valence electrons. The molecule has 0 spiro atoms. The van der Waals surface area contributed by atoms with Crippen LogP contribution in [0.4, 0.5) is 18.9 Å². The number of carbonyl (C=O) groups is 1. The van der Waals surface area contributed by atoms with Crippen LogP contribution >= 0.6 is 0 Å². The van der Waals surface area contributed by atoms with Crippen LogP contribution in [0.5, 0.6) is 5.75 Å². The van der Waals surface area contributed by atoms with E-state index in [2.05, 4.69) is 20.5 Å². The summed E-state index contributed by atoms with van der Waals surface area (Å²) in [4.78, 5) is 12.5.